The highest BCUT2D eigenvalue weighted by Crippen LogP contribution is 2.23. The van der Waals surface area contributed by atoms with Gasteiger partial charge in [0.2, 0.25) is 0 Å². The summed E-state index contributed by atoms with van der Waals surface area (Å²) < 4.78 is 3.70. The summed E-state index contributed by atoms with van der Waals surface area (Å²) in [7, 11) is 0. The van der Waals surface area contributed by atoms with Gasteiger partial charge in [-0.15, -0.1) is 5.10 Å². The van der Waals surface area contributed by atoms with Gasteiger partial charge in [-0.05, 0) is 36.2 Å². The number of nitrogens with one attached hydrogen (secondary N) is 1. The summed E-state index contributed by atoms with van der Waals surface area (Å²) in [5, 5.41) is 9.14. The molecule has 2 aromatic rings. The van der Waals surface area contributed by atoms with Crippen LogP contribution in [0.1, 0.15) is 16.9 Å². The van der Waals surface area contributed by atoms with Crippen molar-refractivity contribution in [2.24, 2.45) is 0 Å². The number of rotatable bonds is 3. The molecular weight excluding hydrogens is 296 g/mol. The van der Waals surface area contributed by atoms with Crippen LogP contribution < -0.4 is 10.2 Å². The third-order valence-corrected chi connectivity index (χ3v) is 4.03. The van der Waals surface area contributed by atoms with Gasteiger partial charge in [0, 0.05) is 35.2 Å². The molecule has 2 heterocycles. The van der Waals surface area contributed by atoms with E-state index in [1.165, 1.54) is 11.5 Å². The average Bonchev–Trinajstić information content (AvgIpc) is 3.10. The molecule has 1 saturated heterocycles. The number of benzene rings is 1. The lowest BCUT2D eigenvalue weighted by Gasteiger charge is -2.19. The molecule has 1 N–H and O–H groups in total. The van der Waals surface area contributed by atoms with E-state index in [-0.39, 0.29) is 11.9 Å². The quantitative estimate of drug-likeness (QED) is 0.944. The molecule has 1 fully saturated rings. The smallest absolute Gasteiger partial charge is 0.273 e. The number of carbonyl (C=O) groups is 1. The van der Waals surface area contributed by atoms with Crippen LogP contribution in [0.25, 0.3) is 0 Å². The minimum absolute atomic E-state index is 0.128. The largest absolute Gasteiger partial charge is 0.369 e. The van der Waals surface area contributed by atoms with Gasteiger partial charge in [0.25, 0.3) is 5.91 Å². The highest BCUT2D eigenvalue weighted by molar-refractivity contribution is 7.03. The second kappa shape index (κ2) is 5.76. The zero-order chi connectivity index (χ0) is 13.9. The third kappa shape index (κ3) is 2.91. The molecule has 1 aromatic carbocycles. The number of aromatic nitrogens is 2. The molecule has 1 amide bonds. The van der Waals surface area contributed by atoms with E-state index in [0.29, 0.717) is 5.69 Å². The molecule has 0 saturated carbocycles. The van der Waals surface area contributed by atoms with Crippen molar-refractivity contribution in [3.8, 4) is 0 Å². The monoisotopic (exact) mass is 308 g/mol. The topological polar surface area (TPSA) is 58.1 Å². The van der Waals surface area contributed by atoms with Crippen molar-refractivity contribution in [2.45, 2.75) is 12.5 Å². The fourth-order valence-electron chi connectivity index (χ4n) is 2.31. The molecule has 0 radical (unpaired) electrons. The third-order valence-electron chi connectivity index (χ3n) is 3.29. The van der Waals surface area contributed by atoms with Crippen LogP contribution in [0.5, 0.6) is 0 Å². The summed E-state index contributed by atoms with van der Waals surface area (Å²) in [6, 6.07) is 7.89. The van der Waals surface area contributed by atoms with Gasteiger partial charge in [-0.3, -0.25) is 4.79 Å². The highest BCUT2D eigenvalue weighted by atomic mass is 35.5. The van der Waals surface area contributed by atoms with E-state index in [1.807, 2.05) is 24.3 Å². The van der Waals surface area contributed by atoms with Gasteiger partial charge >= 0.3 is 0 Å². The highest BCUT2D eigenvalue weighted by Gasteiger charge is 2.25. The lowest BCUT2D eigenvalue weighted by atomic mass is 10.2. The van der Waals surface area contributed by atoms with Crippen LogP contribution in [-0.4, -0.2) is 34.6 Å². The van der Waals surface area contributed by atoms with Crippen molar-refractivity contribution in [1.82, 2.24) is 14.9 Å². The van der Waals surface area contributed by atoms with E-state index in [0.717, 1.165) is 30.2 Å². The second-order valence-electron chi connectivity index (χ2n) is 4.68. The van der Waals surface area contributed by atoms with Crippen molar-refractivity contribution < 1.29 is 4.79 Å². The molecule has 0 unspecified atom stereocenters. The van der Waals surface area contributed by atoms with Crippen LogP contribution in [0.15, 0.2) is 29.6 Å². The fraction of sp³-hybridized carbons (Fsp3) is 0.308. The normalized spacial score (nSPS) is 18.2. The first-order valence-corrected chi connectivity index (χ1v) is 7.52. The summed E-state index contributed by atoms with van der Waals surface area (Å²) in [4.78, 5) is 14.1. The minimum atomic E-state index is -0.156. The first-order chi connectivity index (χ1) is 9.72. The van der Waals surface area contributed by atoms with Crippen LogP contribution in [0, 0.1) is 0 Å². The van der Waals surface area contributed by atoms with E-state index in [2.05, 4.69) is 19.8 Å². The van der Waals surface area contributed by atoms with Crippen LogP contribution in [0.2, 0.25) is 5.02 Å². The van der Waals surface area contributed by atoms with E-state index in [4.69, 9.17) is 11.6 Å². The van der Waals surface area contributed by atoms with Gasteiger partial charge in [0.15, 0.2) is 5.69 Å². The lowest BCUT2D eigenvalue weighted by molar-refractivity contribution is 0.0935. The van der Waals surface area contributed by atoms with E-state index in [1.54, 1.807) is 5.38 Å². The Balaban J connectivity index is 1.61. The lowest BCUT2D eigenvalue weighted by Crippen LogP contribution is -2.37. The minimum Gasteiger partial charge on any atom is -0.369 e. The van der Waals surface area contributed by atoms with Gasteiger partial charge < -0.3 is 10.2 Å². The van der Waals surface area contributed by atoms with Gasteiger partial charge in [0.05, 0.1) is 0 Å². The Morgan fingerprint density at radius 3 is 3.15 bits per heavy atom. The Morgan fingerprint density at radius 2 is 2.40 bits per heavy atom. The molecule has 3 rings (SSSR count). The zero-order valence-corrected chi connectivity index (χ0v) is 12.2. The van der Waals surface area contributed by atoms with Gasteiger partial charge in [-0.1, -0.05) is 22.2 Å². The second-order valence-corrected chi connectivity index (χ2v) is 5.72. The summed E-state index contributed by atoms with van der Waals surface area (Å²) in [5.41, 5.74) is 1.47. The SMILES string of the molecule is O=C(N[C@H]1CCN(c2cccc(Cl)c2)C1)c1csnn1. The Morgan fingerprint density at radius 1 is 1.50 bits per heavy atom. The number of nitrogens with zero attached hydrogens (tertiary/aromatic N) is 3. The van der Waals surface area contributed by atoms with Crippen molar-refractivity contribution >= 4 is 34.7 Å². The van der Waals surface area contributed by atoms with E-state index in [9.17, 15) is 4.79 Å². The predicted molar refractivity (Wildman–Crippen MR) is 79.4 cm³/mol. The molecule has 0 spiro atoms. The summed E-state index contributed by atoms with van der Waals surface area (Å²) >= 11 is 7.18. The van der Waals surface area contributed by atoms with Gasteiger partial charge in [-0.25, -0.2) is 0 Å². The first kappa shape index (κ1) is 13.3. The van der Waals surface area contributed by atoms with Crippen molar-refractivity contribution in [1.29, 1.82) is 0 Å². The first-order valence-electron chi connectivity index (χ1n) is 6.31. The van der Waals surface area contributed by atoms with Crippen molar-refractivity contribution in [2.75, 3.05) is 18.0 Å². The van der Waals surface area contributed by atoms with Gasteiger partial charge in [0.1, 0.15) is 0 Å². The molecule has 5 nitrogen and oxygen atoms in total. The standard InChI is InChI=1S/C13H13ClN4OS/c14-9-2-1-3-11(6-9)18-5-4-10(7-18)15-13(19)12-8-20-17-16-12/h1-3,6,8,10H,4-5,7H2,(H,15,19)/t10-/m0/s1. The van der Waals surface area contributed by atoms with Crippen LogP contribution in [-0.2, 0) is 0 Å². The van der Waals surface area contributed by atoms with Crippen LogP contribution in [0.3, 0.4) is 0 Å². The Labute approximate surface area is 125 Å². The summed E-state index contributed by atoms with van der Waals surface area (Å²) in [5.74, 6) is -0.156. The van der Waals surface area contributed by atoms with Crippen molar-refractivity contribution in [3.05, 3.63) is 40.4 Å². The molecule has 1 aliphatic rings. The predicted octanol–water partition coefficient (Wildman–Crippen LogP) is 2.20. The maximum Gasteiger partial charge on any atom is 0.273 e. The molecule has 1 atom stereocenters. The molecule has 0 aliphatic carbocycles. The Bertz CT molecular complexity index is 604. The number of anilines is 1. The maximum atomic E-state index is 11.9. The number of hydrogen-bond donors (Lipinski definition) is 1. The molecule has 0 bridgehead atoms. The van der Waals surface area contributed by atoms with Crippen LogP contribution in [0.4, 0.5) is 5.69 Å². The molecular formula is C13H13ClN4OS. The molecule has 104 valence electrons. The van der Waals surface area contributed by atoms with Crippen molar-refractivity contribution in [3.63, 3.8) is 0 Å². The Hall–Kier alpha value is -1.66. The fourth-order valence-corrected chi connectivity index (χ4v) is 2.93. The molecule has 1 aromatic heterocycles. The molecule has 20 heavy (non-hydrogen) atoms. The zero-order valence-electron chi connectivity index (χ0n) is 10.6. The maximum absolute atomic E-state index is 11.9. The summed E-state index contributed by atoms with van der Waals surface area (Å²) in [6.45, 7) is 1.68. The van der Waals surface area contributed by atoms with E-state index < -0.39 is 0 Å². The average molecular weight is 309 g/mol. The van der Waals surface area contributed by atoms with E-state index >= 15 is 0 Å². The molecule has 1 aliphatic heterocycles. The number of halogens is 1. The number of carbonyl (C=O) groups excluding carboxylic acids is 1. The van der Waals surface area contributed by atoms with Crippen LogP contribution >= 0.6 is 23.1 Å². The molecule has 7 heteroatoms. The Kier molecular flexibility index (Phi) is 3.84. The van der Waals surface area contributed by atoms with Gasteiger partial charge in [-0.2, -0.15) is 0 Å². The number of amides is 1. The summed E-state index contributed by atoms with van der Waals surface area (Å²) in [6.07, 6.45) is 0.913. The number of hydrogen-bond acceptors (Lipinski definition) is 5.